The Kier molecular flexibility index (Phi) is 27.0. The molecular weight excluding hydrogens is 586 g/mol. The first-order valence-corrected chi connectivity index (χ1v) is 18.9. The molecule has 272 valence electrons. The summed E-state index contributed by atoms with van der Waals surface area (Å²) in [5.74, 6) is -0.180. The van der Waals surface area contributed by atoms with Gasteiger partial charge in [-0.1, -0.05) is 148 Å². The van der Waals surface area contributed by atoms with Crippen molar-refractivity contribution in [3.63, 3.8) is 0 Å². The topological polar surface area (TPSA) is 149 Å². The standard InChI is InChI=1S/C37H71NO8/c1-3-5-7-9-11-13-15-16-17-19-21-23-25-27-33(41)38-30(29-45-37-36(44)35(43)34(42)32(28-39)46-37)31(40)26-24-22-20-18-14-12-10-8-6-4-2/h24,26,30-32,34-37,39-40,42-44H,3-23,25,27-29H2,1-2H3,(H,38,41)/b26-24+/t30-,31+,32-,34-,35?,36?,37-/m0/s1. The number of allylic oxidation sites excluding steroid dienone is 1. The molecule has 0 saturated carbocycles. The summed E-state index contributed by atoms with van der Waals surface area (Å²) in [5.41, 5.74) is 0. The fourth-order valence-corrected chi connectivity index (χ4v) is 5.98. The molecule has 9 heteroatoms. The molecule has 6 N–H and O–H groups in total. The number of carbonyl (C=O) groups is 1. The van der Waals surface area contributed by atoms with Crippen molar-refractivity contribution in [3.8, 4) is 0 Å². The Labute approximate surface area is 280 Å². The van der Waals surface area contributed by atoms with Crippen molar-refractivity contribution in [2.45, 2.75) is 204 Å². The normalized spacial score (nSPS) is 23.2. The van der Waals surface area contributed by atoms with Crippen molar-refractivity contribution in [1.29, 1.82) is 0 Å². The van der Waals surface area contributed by atoms with Crippen molar-refractivity contribution in [2.24, 2.45) is 0 Å². The number of unbranched alkanes of at least 4 members (excludes halogenated alkanes) is 20. The highest BCUT2D eigenvalue weighted by atomic mass is 16.7. The summed E-state index contributed by atoms with van der Waals surface area (Å²) in [5, 5.41) is 53.8. The molecule has 46 heavy (non-hydrogen) atoms. The van der Waals surface area contributed by atoms with Gasteiger partial charge < -0.3 is 40.3 Å². The molecule has 0 radical (unpaired) electrons. The Morgan fingerprint density at radius 3 is 1.70 bits per heavy atom. The Balaban J connectivity index is 2.46. The third-order valence-electron chi connectivity index (χ3n) is 9.11. The van der Waals surface area contributed by atoms with E-state index in [1.165, 1.54) is 103 Å². The van der Waals surface area contributed by atoms with Crippen molar-refractivity contribution in [1.82, 2.24) is 5.32 Å². The zero-order chi connectivity index (χ0) is 33.8. The Bertz CT molecular complexity index is 736. The fraction of sp³-hybridized carbons (Fsp3) is 0.919. The molecule has 1 fully saturated rings. The molecule has 0 aromatic heterocycles. The number of aliphatic hydroxyl groups excluding tert-OH is 5. The maximum atomic E-state index is 12.8. The fourth-order valence-electron chi connectivity index (χ4n) is 5.98. The molecule has 1 aliphatic rings. The van der Waals surface area contributed by atoms with E-state index in [9.17, 15) is 30.3 Å². The first kappa shape index (κ1) is 43.0. The van der Waals surface area contributed by atoms with E-state index in [2.05, 4.69) is 19.2 Å². The van der Waals surface area contributed by atoms with Crippen LogP contribution in [-0.2, 0) is 14.3 Å². The van der Waals surface area contributed by atoms with Gasteiger partial charge >= 0.3 is 0 Å². The van der Waals surface area contributed by atoms with Gasteiger partial charge in [-0.15, -0.1) is 0 Å². The van der Waals surface area contributed by atoms with Gasteiger partial charge in [-0.25, -0.2) is 0 Å². The quantitative estimate of drug-likeness (QED) is 0.0394. The maximum Gasteiger partial charge on any atom is 0.220 e. The molecule has 0 spiro atoms. The van der Waals surface area contributed by atoms with Gasteiger partial charge in [0.2, 0.25) is 5.91 Å². The molecule has 1 saturated heterocycles. The van der Waals surface area contributed by atoms with Gasteiger partial charge in [-0.2, -0.15) is 0 Å². The molecule has 9 nitrogen and oxygen atoms in total. The van der Waals surface area contributed by atoms with E-state index in [0.29, 0.717) is 6.42 Å². The van der Waals surface area contributed by atoms with Gasteiger partial charge in [-0.05, 0) is 19.3 Å². The van der Waals surface area contributed by atoms with Crippen molar-refractivity contribution < 1.29 is 39.8 Å². The van der Waals surface area contributed by atoms with E-state index in [0.717, 1.165) is 38.5 Å². The molecule has 7 atom stereocenters. The smallest absolute Gasteiger partial charge is 0.220 e. The van der Waals surface area contributed by atoms with Gasteiger partial charge in [0.15, 0.2) is 6.29 Å². The molecule has 1 amide bonds. The minimum atomic E-state index is -1.56. The van der Waals surface area contributed by atoms with E-state index in [1.54, 1.807) is 6.08 Å². The number of hydrogen-bond donors (Lipinski definition) is 6. The molecule has 0 aromatic rings. The number of ether oxygens (including phenoxy) is 2. The average molecular weight is 658 g/mol. The van der Waals surface area contributed by atoms with Crippen LogP contribution in [0, 0.1) is 0 Å². The minimum Gasteiger partial charge on any atom is -0.394 e. The lowest BCUT2D eigenvalue weighted by Crippen LogP contribution is -2.60. The number of rotatable bonds is 30. The number of nitrogens with one attached hydrogen (secondary N) is 1. The first-order chi connectivity index (χ1) is 22.3. The average Bonchev–Trinajstić information content (AvgIpc) is 3.05. The molecule has 1 rings (SSSR count). The van der Waals surface area contributed by atoms with Crippen LogP contribution in [0.1, 0.15) is 162 Å². The van der Waals surface area contributed by atoms with Crippen LogP contribution < -0.4 is 5.32 Å². The summed E-state index contributed by atoms with van der Waals surface area (Å²) in [4.78, 5) is 12.8. The lowest BCUT2D eigenvalue weighted by atomic mass is 9.99. The predicted octanol–water partition coefficient (Wildman–Crippen LogP) is 6.22. The second-order valence-corrected chi connectivity index (χ2v) is 13.4. The van der Waals surface area contributed by atoms with Crippen molar-refractivity contribution >= 4 is 5.91 Å². The van der Waals surface area contributed by atoms with Gasteiger partial charge in [0, 0.05) is 6.42 Å². The zero-order valence-electron chi connectivity index (χ0n) is 29.3. The van der Waals surface area contributed by atoms with E-state index in [4.69, 9.17) is 9.47 Å². The SMILES string of the molecule is CCCCCCCCCC/C=C/[C@@H](O)[C@H](CO[C@H]1O[C@@H](CO)[C@H](O)C(O)C1O)NC(=O)CCCCCCCCCCCCCCC. The molecule has 0 aliphatic carbocycles. The van der Waals surface area contributed by atoms with Gasteiger partial charge in [-0.3, -0.25) is 4.79 Å². The Hall–Kier alpha value is -1.07. The highest BCUT2D eigenvalue weighted by Gasteiger charge is 2.44. The predicted molar refractivity (Wildman–Crippen MR) is 184 cm³/mol. The summed E-state index contributed by atoms with van der Waals surface area (Å²) >= 11 is 0. The largest absolute Gasteiger partial charge is 0.394 e. The van der Waals surface area contributed by atoms with Crippen molar-refractivity contribution in [3.05, 3.63) is 12.2 Å². The van der Waals surface area contributed by atoms with Crippen LogP contribution in [0.4, 0.5) is 0 Å². The monoisotopic (exact) mass is 658 g/mol. The third-order valence-corrected chi connectivity index (χ3v) is 9.11. The van der Waals surface area contributed by atoms with Crippen LogP contribution in [0.25, 0.3) is 0 Å². The molecule has 1 heterocycles. The second-order valence-electron chi connectivity index (χ2n) is 13.4. The van der Waals surface area contributed by atoms with Gasteiger partial charge in [0.1, 0.15) is 24.4 Å². The molecule has 0 aromatic carbocycles. The summed E-state index contributed by atoms with van der Waals surface area (Å²) in [7, 11) is 0. The molecular formula is C37H71NO8. The summed E-state index contributed by atoms with van der Waals surface area (Å²) < 4.78 is 11.1. The van der Waals surface area contributed by atoms with Crippen LogP contribution in [-0.4, -0.2) is 87.5 Å². The van der Waals surface area contributed by atoms with Crippen LogP contribution in [0.3, 0.4) is 0 Å². The second kappa shape index (κ2) is 28.9. The molecule has 1 aliphatic heterocycles. The Morgan fingerprint density at radius 1 is 0.717 bits per heavy atom. The van der Waals surface area contributed by atoms with E-state index in [1.807, 2.05) is 6.08 Å². The lowest BCUT2D eigenvalue weighted by molar-refractivity contribution is -0.302. The van der Waals surface area contributed by atoms with Gasteiger partial charge in [0.25, 0.3) is 0 Å². The summed E-state index contributed by atoms with van der Waals surface area (Å²) in [6.07, 6.45) is 22.5. The highest BCUT2D eigenvalue weighted by molar-refractivity contribution is 5.76. The third kappa shape index (κ3) is 20.3. The number of carbonyl (C=O) groups excluding carboxylic acids is 1. The summed E-state index contributed by atoms with van der Waals surface area (Å²) in [6.45, 7) is 3.72. The number of amides is 1. The number of hydrogen-bond acceptors (Lipinski definition) is 8. The van der Waals surface area contributed by atoms with Crippen LogP contribution in [0.15, 0.2) is 12.2 Å². The van der Waals surface area contributed by atoms with Crippen LogP contribution in [0.5, 0.6) is 0 Å². The summed E-state index contributed by atoms with van der Waals surface area (Å²) in [6, 6.07) is -0.795. The number of aliphatic hydroxyl groups is 5. The van der Waals surface area contributed by atoms with E-state index < -0.39 is 49.5 Å². The Morgan fingerprint density at radius 2 is 1.20 bits per heavy atom. The highest BCUT2D eigenvalue weighted by Crippen LogP contribution is 2.22. The first-order valence-electron chi connectivity index (χ1n) is 18.9. The van der Waals surface area contributed by atoms with E-state index >= 15 is 0 Å². The maximum absolute atomic E-state index is 12.8. The van der Waals surface area contributed by atoms with Crippen LogP contribution >= 0.6 is 0 Å². The van der Waals surface area contributed by atoms with E-state index in [-0.39, 0.29) is 12.5 Å². The molecule has 2 unspecified atom stereocenters. The zero-order valence-corrected chi connectivity index (χ0v) is 29.3. The lowest BCUT2D eigenvalue weighted by Gasteiger charge is -2.40. The van der Waals surface area contributed by atoms with Crippen LogP contribution in [0.2, 0.25) is 0 Å². The molecule has 0 bridgehead atoms. The van der Waals surface area contributed by atoms with Crippen molar-refractivity contribution in [2.75, 3.05) is 13.2 Å². The minimum absolute atomic E-state index is 0.180. The van der Waals surface area contributed by atoms with Gasteiger partial charge in [0.05, 0.1) is 25.4 Å².